The first-order chi connectivity index (χ1) is 16.2. The molecule has 196 valence electrons. The summed E-state index contributed by atoms with van der Waals surface area (Å²) in [4.78, 5) is 11.7. The van der Waals surface area contributed by atoms with Crippen molar-refractivity contribution in [3.63, 3.8) is 0 Å². The SMILES string of the molecule is CC/C=C\C/C=C\C/C=C\C/C=C\C/C=C\CCOCC(O)COP(=O)([O-])OCC[N+](C)(C)C. The average Bonchev–Trinajstić information content (AvgIpc) is 2.76. The van der Waals surface area contributed by atoms with Crippen molar-refractivity contribution in [1.29, 1.82) is 0 Å². The molecule has 0 saturated heterocycles. The van der Waals surface area contributed by atoms with Crippen molar-refractivity contribution in [3.05, 3.63) is 60.8 Å². The second-order valence-electron chi connectivity index (χ2n) is 8.82. The first-order valence-corrected chi connectivity index (χ1v) is 13.5. The molecule has 0 aliphatic heterocycles. The lowest BCUT2D eigenvalue weighted by atomic mass is 10.2. The normalized spacial score (nSPS) is 16.1. The van der Waals surface area contributed by atoms with Crippen molar-refractivity contribution in [1.82, 2.24) is 0 Å². The molecule has 0 aromatic heterocycles. The molecule has 0 fully saturated rings. The monoisotopic (exact) mass is 499 g/mol. The van der Waals surface area contributed by atoms with Gasteiger partial charge in [0.1, 0.15) is 19.3 Å². The van der Waals surface area contributed by atoms with Crippen LogP contribution < -0.4 is 4.89 Å². The van der Waals surface area contributed by atoms with Crippen LogP contribution in [-0.4, -0.2) is 69.8 Å². The van der Waals surface area contributed by atoms with Gasteiger partial charge in [-0.25, -0.2) is 0 Å². The molecule has 0 bridgehead atoms. The number of quaternary nitrogens is 1. The third-order valence-corrected chi connectivity index (χ3v) is 5.30. The third kappa shape index (κ3) is 25.3. The van der Waals surface area contributed by atoms with Crippen molar-refractivity contribution in [2.24, 2.45) is 0 Å². The summed E-state index contributed by atoms with van der Waals surface area (Å²) in [6, 6.07) is 0. The first kappa shape index (κ1) is 32.7. The van der Waals surface area contributed by atoms with Gasteiger partial charge in [-0.05, 0) is 38.5 Å². The van der Waals surface area contributed by atoms with Gasteiger partial charge in [-0.15, -0.1) is 0 Å². The summed E-state index contributed by atoms with van der Waals surface area (Å²) in [5.74, 6) is 0. The van der Waals surface area contributed by atoms with Crippen LogP contribution in [0.3, 0.4) is 0 Å². The second-order valence-corrected chi connectivity index (χ2v) is 10.2. The van der Waals surface area contributed by atoms with E-state index in [1.807, 2.05) is 27.2 Å². The molecule has 0 rings (SSSR count). The molecule has 2 atom stereocenters. The van der Waals surface area contributed by atoms with E-state index in [1.54, 1.807) is 0 Å². The lowest BCUT2D eigenvalue weighted by Gasteiger charge is -2.27. The van der Waals surface area contributed by atoms with Gasteiger partial charge in [-0.1, -0.05) is 67.7 Å². The van der Waals surface area contributed by atoms with Crippen molar-refractivity contribution >= 4 is 7.82 Å². The van der Waals surface area contributed by atoms with E-state index in [-0.39, 0.29) is 19.8 Å². The van der Waals surface area contributed by atoms with Gasteiger partial charge in [-0.2, -0.15) is 0 Å². The molecular weight excluding hydrogens is 453 g/mol. The number of hydrogen-bond donors (Lipinski definition) is 1. The lowest BCUT2D eigenvalue weighted by Crippen LogP contribution is -2.37. The maximum Gasteiger partial charge on any atom is 0.268 e. The topological polar surface area (TPSA) is 88.0 Å². The number of allylic oxidation sites excluding steroid dienone is 9. The van der Waals surface area contributed by atoms with Gasteiger partial charge < -0.3 is 28.3 Å². The predicted molar refractivity (Wildman–Crippen MR) is 138 cm³/mol. The average molecular weight is 500 g/mol. The standard InChI is InChI=1S/C26H46NO6P/c1-5-6-7-8-9-10-11-12-13-14-15-16-17-18-19-20-22-31-24-26(28)25-33-34(29,30)32-23-21-27(2,3)4/h6-7,9-10,12-13,15-16,18-19,26,28H,5,8,11,14,17,20-25H2,1-4H3/b7-6-,10-9-,13-12-,16-15-,19-18-. The second kappa shape index (κ2) is 21.0. The molecule has 0 aromatic rings. The smallest absolute Gasteiger partial charge is 0.268 e. The number of nitrogens with zero attached hydrogens (tertiary/aromatic N) is 1. The number of aliphatic hydroxyl groups is 1. The van der Waals surface area contributed by atoms with E-state index in [1.165, 1.54) is 0 Å². The summed E-state index contributed by atoms with van der Waals surface area (Å²) in [5.41, 5.74) is 0. The quantitative estimate of drug-likeness (QED) is 0.106. The summed E-state index contributed by atoms with van der Waals surface area (Å²) >= 11 is 0. The predicted octanol–water partition coefficient (Wildman–Crippen LogP) is 4.71. The maximum absolute atomic E-state index is 11.7. The summed E-state index contributed by atoms with van der Waals surface area (Å²) in [6.45, 7) is 2.76. The van der Waals surface area contributed by atoms with Gasteiger partial charge in [0.15, 0.2) is 0 Å². The van der Waals surface area contributed by atoms with Crippen LogP contribution in [0.5, 0.6) is 0 Å². The zero-order chi connectivity index (χ0) is 25.5. The Bertz CT molecular complexity index is 679. The molecule has 0 aliphatic rings. The van der Waals surface area contributed by atoms with E-state index in [0.29, 0.717) is 17.6 Å². The largest absolute Gasteiger partial charge is 0.756 e. The molecule has 2 unspecified atom stereocenters. The van der Waals surface area contributed by atoms with Gasteiger partial charge in [0.25, 0.3) is 7.82 Å². The number of likely N-dealkylation sites (N-methyl/N-ethyl adjacent to an activating group) is 1. The molecule has 0 aromatic carbocycles. The van der Waals surface area contributed by atoms with Crippen LogP contribution in [-0.2, 0) is 18.3 Å². The number of phosphoric acid groups is 1. The molecule has 1 N–H and O–H groups in total. The number of rotatable bonds is 21. The lowest BCUT2D eigenvalue weighted by molar-refractivity contribution is -0.870. The van der Waals surface area contributed by atoms with E-state index >= 15 is 0 Å². The Kier molecular flexibility index (Phi) is 20.2. The highest BCUT2D eigenvalue weighted by Crippen LogP contribution is 2.38. The van der Waals surface area contributed by atoms with Gasteiger partial charge in [-0.3, -0.25) is 4.57 Å². The minimum Gasteiger partial charge on any atom is -0.756 e. The van der Waals surface area contributed by atoms with Crippen molar-refractivity contribution in [2.45, 2.75) is 51.6 Å². The molecule has 34 heavy (non-hydrogen) atoms. The number of phosphoric ester groups is 1. The molecule has 8 heteroatoms. The van der Waals surface area contributed by atoms with E-state index in [9.17, 15) is 14.6 Å². The Morgan fingerprint density at radius 3 is 1.79 bits per heavy atom. The minimum atomic E-state index is -4.41. The minimum absolute atomic E-state index is 0.00356. The van der Waals surface area contributed by atoms with Crippen LogP contribution in [0.25, 0.3) is 0 Å². The van der Waals surface area contributed by atoms with E-state index < -0.39 is 13.9 Å². The van der Waals surface area contributed by atoms with Gasteiger partial charge in [0.05, 0.1) is 41.0 Å². The highest BCUT2D eigenvalue weighted by Gasteiger charge is 2.15. The fourth-order valence-electron chi connectivity index (χ4n) is 2.43. The molecular formula is C26H46NO6P. The highest BCUT2D eigenvalue weighted by atomic mass is 31.2. The summed E-state index contributed by atoms with van der Waals surface area (Å²) in [6.07, 6.45) is 26.0. The fraction of sp³-hybridized carbons (Fsp3) is 0.615. The van der Waals surface area contributed by atoms with Crippen LogP contribution in [0.1, 0.15) is 45.4 Å². The molecule has 0 spiro atoms. The number of aliphatic hydroxyl groups excluding tert-OH is 1. The van der Waals surface area contributed by atoms with Crippen LogP contribution >= 0.6 is 7.82 Å². The Morgan fingerprint density at radius 2 is 1.29 bits per heavy atom. The van der Waals surface area contributed by atoms with Gasteiger partial charge in [0.2, 0.25) is 0 Å². The van der Waals surface area contributed by atoms with Crippen molar-refractivity contribution in [2.75, 3.05) is 54.1 Å². The molecule has 0 radical (unpaired) electrons. The Hall–Kier alpha value is -1.31. The van der Waals surface area contributed by atoms with Crippen molar-refractivity contribution in [3.8, 4) is 0 Å². The Balaban J connectivity index is 3.69. The zero-order valence-corrected chi connectivity index (χ0v) is 22.4. The fourth-order valence-corrected chi connectivity index (χ4v) is 3.16. The van der Waals surface area contributed by atoms with Gasteiger partial charge >= 0.3 is 0 Å². The molecule has 0 amide bonds. The summed E-state index contributed by atoms with van der Waals surface area (Å²) in [7, 11) is 1.38. The first-order valence-electron chi connectivity index (χ1n) is 12.1. The summed E-state index contributed by atoms with van der Waals surface area (Å²) in [5, 5.41) is 9.79. The summed E-state index contributed by atoms with van der Waals surface area (Å²) < 4.78 is 27.1. The highest BCUT2D eigenvalue weighted by molar-refractivity contribution is 7.45. The molecule has 0 aliphatic carbocycles. The zero-order valence-electron chi connectivity index (χ0n) is 21.5. The van der Waals surface area contributed by atoms with E-state index in [4.69, 9.17) is 13.8 Å². The van der Waals surface area contributed by atoms with Crippen molar-refractivity contribution < 1.29 is 32.8 Å². The Labute approximate surface area is 207 Å². The maximum atomic E-state index is 11.7. The van der Waals surface area contributed by atoms with E-state index in [0.717, 1.165) is 38.5 Å². The Morgan fingerprint density at radius 1 is 0.794 bits per heavy atom. The van der Waals surface area contributed by atoms with Gasteiger partial charge in [0, 0.05) is 0 Å². The van der Waals surface area contributed by atoms with Crippen LogP contribution in [0.15, 0.2) is 60.8 Å². The third-order valence-electron chi connectivity index (χ3n) is 4.33. The molecule has 0 heterocycles. The van der Waals surface area contributed by atoms with Crippen LogP contribution in [0, 0.1) is 0 Å². The molecule has 0 saturated carbocycles. The number of ether oxygens (including phenoxy) is 1. The number of hydrogen-bond acceptors (Lipinski definition) is 6. The van der Waals surface area contributed by atoms with Crippen LogP contribution in [0.4, 0.5) is 0 Å². The van der Waals surface area contributed by atoms with Crippen LogP contribution in [0.2, 0.25) is 0 Å². The molecule has 7 nitrogen and oxygen atoms in total. The van der Waals surface area contributed by atoms with E-state index in [2.05, 4.69) is 61.6 Å².